The van der Waals surface area contributed by atoms with Crippen LogP contribution >= 0.6 is 0 Å². The zero-order valence-electron chi connectivity index (χ0n) is 58.5. The van der Waals surface area contributed by atoms with Crippen molar-refractivity contribution >= 4 is 5.91 Å². The van der Waals surface area contributed by atoms with Crippen LogP contribution in [0.2, 0.25) is 0 Å². The predicted octanol–water partition coefficient (Wildman–Crippen LogP) is 22.2. The van der Waals surface area contributed by atoms with Crippen LogP contribution in [0, 0.1) is 0 Å². The van der Waals surface area contributed by atoms with Crippen molar-refractivity contribution in [2.75, 3.05) is 13.2 Å². The van der Waals surface area contributed by atoms with Gasteiger partial charge >= 0.3 is 0 Å². The molecule has 9 heteroatoms. The molecule has 520 valence electrons. The average Bonchev–Trinajstić information content (AvgIpc) is 3.29. The summed E-state index contributed by atoms with van der Waals surface area (Å²) in [5, 5.41) is 54.8. The van der Waals surface area contributed by atoms with Crippen molar-refractivity contribution in [2.45, 2.75) is 448 Å². The van der Waals surface area contributed by atoms with Crippen molar-refractivity contribution in [1.82, 2.24) is 5.32 Å². The smallest absolute Gasteiger partial charge is 0.220 e. The fraction of sp³-hybridized carbons (Fsp3) is 0.911. The molecular weight excluding hydrogens is 1090 g/mol. The second-order valence-corrected chi connectivity index (χ2v) is 27.5. The molecule has 1 fully saturated rings. The first-order chi connectivity index (χ1) is 43.3. The quantitative estimate of drug-likeness (QED) is 0.0261. The monoisotopic (exact) mass is 1240 g/mol. The number of unbranched alkanes of at least 4 members (excludes halogenated alkanes) is 56. The van der Waals surface area contributed by atoms with Gasteiger partial charge in [0.1, 0.15) is 24.4 Å². The largest absolute Gasteiger partial charge is 0.394 e. The Balaban J connectivity index is 2.07. The molecule has 88 heavy (non-hydrogen) atoms. The molecule has 0 aromatic carbocycles. The van der Waals surface area contributed by atoms with E-state index in [2.05, 4.69) is 43.5 Å². The molecule has 1 saturated heterocycles. The van der Waals surface area contributed by atoms with Crippen LogP contribution in [0.3, 0.4) is 0 Å². The van der Waals surface area contributed by atoms with Crippen LogP contribution < -0.4 is 5.32 Å². The molecule has 6 N–H and O–H groups in total. The Morgan fingerprint density at radius 3 is 0.955 bits per heavy atom. The molecule has 0 bridgehead atoms. The standard InChI is InChI=1S/C79H151NO8/c1-3-5-7-9-11-13-15-17-19-21-23-25-27-29-31-33-34-35-36-37-38-39-40-41-43-45-47-49-51-53-55-57-59-61-63-65-67-69-75(83)80-72(71-87-79-78(86)77(85)76(84)74(70-81)88-79)73(82)68-66-64-62-60-58-56-54-52-50-48-46-44-42-32-30-28-26-24-22-20-18-16-14-12-10-8-6-4-2/h21,23,58,60,66,68,72-74,76-79,81-82,84-86H,3-20,22,24-57,59,61-65,67,69-71H2,1-2H3,(H,80,83)/b23-21-,60-58+,68-66+. The lowest BCUT2D eigenvalue weighted by Crippen LogP contribution is -2.60. The molecule has 0 saturated carbocycles. The SMILES string of the molecule is CCCCCCCCCC/C=C\CCCCCCCCCCCCCCCCCCCCCCCCCCCC(=O)NC(COC1OC(CO)C(O)C(O)C1O)C(O)/C=C/CC/C=C/CCCCCCCCCCCCCCCCCCCCCCCC. The first-order valence-corrected chi connectivity index (χ1v) is 39.2. The summed E-state index contributed by atoms with van der Waals surface area (Å²) in [4.78, 5) is 13.2. The van der Waals surface area contributed by atoms with E-state index in [0.29, 0.717) is 6.42 Å². The summed E-state index contributed by atoms with van der Waals surface area (Å²) < 4.78 is 11.3. The number of rotatable bonds is 70. The molecule has 0 aliphatic carbocycles. The van der Waals surface area contributed by atoms with Gasteiger partial charge in [-0.05, 0) is 57.8 Å². The Labute approximate surface area is 546 Å². The topological polar surface area (TPSA) is 149 Å². The highest BCUT2D eigenvalue weighted by Gasteiger charge is 2.44. The first kappa shape index (κ1) is 84.4. The summed E-state index contributed by atoms with van der Waals surface area (Å²) in [5.41, 5.74) is 0. The van der Waals surface area contributed by atoms with Crippen molar-refractivity contribution in [3.63, 3.8) is 0 Å². The number of nitrogens with one attached hydrogen (secondary N) is 1. The highest BCUT2D eigenvalue weighted by atomic mass is 16.7. The van der Waals surface area contributed by atoms with E-state index >= 15 is 0 Å². The van der Waals surface area contributed by atoms with Crippen LogP contribution in [0.5, 0.6) is 0 Å². The van der Waals surface area contributed by atoms with Crippen LogP contribution in [0.4, 0.5) is 0 Å². The lowest BCUT2D eigenvalue weighted by atomic mass is 9.99. The van der Waals surface area contributed by atoms with E-state index in [9.17, 15) is 30.3 Å². The van der Waals surface area contributed by atoms with E-state index < -0.39 is 49.5 Å². The van der Waals surface area contributed by atoms with E-state index in [-0.39, 0.29) is 12.5 Å². The predicted molar refractivity (Wildman–Crippen MR) is 378 cm³/mol. The minimum absolute atomic E-state index is 0.178. The van der Waals surface area contributed by atoms with E-state index in [1.165, 1.54) is 347 Å². The summed E-state index contributed by atoms with van der Waals surface area (Å²) in [6, 6.07) is -0.822. The van der Waals surface area contributed by atoms with E-state index in [1.807, 2.05) is 6.08 Å². The third kappa shape index (κ3) is 56.0. The van der Waals surface area contributed by atoms with Gasteiger partial charge in [0, 0.05) is 6.42 Å². The lowest BCUT2D eigenvalue weighted by molar-refractivity contribution is -0.302. The molecule has 0 aromatic heterocycles. The summed E-state index contributed by atoms with van der Waals surface area (Å²) in [7, 11) is 0. The van der Waals surface area contributed by atoms with Crippen LogP contribution in [0.15, 0.2) is 36.5 Å². The fourth-order valence-electron chi connectivity index (χ4n) is 12.8. The third-order valence-electron chi connectivity index (χ3n) is 18.9. The third-order valence-corrected chi connectivity index (χ3v) is 18.9. The van der Waals surface area contributed by atoms with Crippen LogP contribution in [0.1, 0.15) is 406 Å². The molecule has 0 aromatic rings. The molecule has 7 atom stereocenters. The second kappa shape index (κ2) is 68.3. The number of amides is 1. The zero-order chi connectivity index (χ0) is 63.5. The van der Waals surface area contributed by atoms with Crippen molar-refractivity contribution in [3.05, 3.63) is 36.5 Å². The van der Waals surface area contributed by atoms with Gasteiger partial charge in [0.2, 0.25) is 5.91 Å². The first-order valence-electron chi connectivity index (χ1n) is 39.2. The second-order valence-electron chi connectivity index (χ2n) is 27.5. The van der Waals surface area contributed by atoms with Crippen LogP contribution in [-0.4, -0.2) is 87.5 Å². The highest BCUT2D eigenvalue weighted by Crippen LogP contribution is 2.24. The number of allylic oxidation sites excluding steroid dienone is 5. The Bertz CT molecular complexity index is 1490. The number of carbonyl (C=O) groups excluding carboxylic acids is 1. The number of aliphatic hydroxyl groups is 5. The van der Waals surface area contributed by atoms with Gasteiger partial charge in [-0.3, -0.25) is 4.79 Å². The van der Waals surface area contributed by atoms with Crippen molar-refractivity contribution in [3.8, 4) is 0 Å². The van der Waals surface area contributed by atoms with Crippen molar-refractivity contribution in [1.29, 1.82) is 0 Å². The molecule has 1 aliphatic rings. The van der Waals surface area contributed by atoms with Crippen LogP contribution in [0.25, 0.3) is 0 Å². The summed E-state index contributed by atoms with van der Waals surface area (Å²) >= 11 is 0. The molecule has 0 spiro atoms. The number of aliphatic hydroxyl groups excluding tert-OH is 5. The normalized spacial score (nSPS) is 18.0. The Hall–Kier alpha value is -1.59. The van der Waals surface area contributed by atoms with Gasteiger partial charge in [-0.15, -0.1) is 0 Å². The molecule has 9 nitrogen and oxygen atoms in total. The molecule has 1 rings (SSSR count). The lowest BCUT2D eigenvalue weighted by Gasteiger charge is -2.40. The summed E-state index contributed by atoms with van der Waals surface area (Å²) in [6.07, 6.45) is 85.8. The fourth-order valence-corrected chi connectivity index (χ4v) is 12.8. The van der Waals surface area contributed by atoms with Gasteiger partial charge in [-0.1, -0.05) is 378 Å². The Kier molecular flexibility index (Phi) is 65.5. The average molecular weight is 1240 g/mol. The number of carbonyl (C=O) groups is 1. The van der Waals surface area contributed by atoms with Crippen LogP contribution in [-0.2, 0) is 14.3 Å². The van der Waals surface area contributed by atoms with Gasteiger partial charge in [-0.25, -0.2) is 0 Å². The van der Waals surface area contributed by atoms with E-state index in [1.54, 1.807) is 6.08 Å². The Morgan fingerprint density at radius 1 is 0.375 bits per heavy atom. The summed E-state index contributed by atoms with van der Waals surface area (Å²) in [5.74, 6) is -0.178. The van der Waals surface area contributed by atoms with Crippen molar-refractivity contribution < 1.29 is 39.8 Å². The number of hydrogen-bond donors (Lipinski definition) is 6. The molecule has 0 radical (unpaired) electrons. The molecule has 1 heterocycles. The van der Waals surface area contributed by atoms with Gasteiger partial charge in [0.25, 0.3) is 0 Å². The molecule has 1 aliphatic heterocycles. The van der Waals surface area contributed by atoms with E-state index in [0.717, 1.165) is 38.5 Å². The minimum atomic E-state index is -1.57. The maximum Gasteiger partial charge on any atom is 0.220 e. The zero-order valence-corrected chi connectivity index (χ0v) is 58.5. The maximum absolute atomic E-state index is 13.2. The molecule has 7 unspecified atom stereocenters. The number of hydrogen-bond acceptors (Lipinski definition) is 8. The summed E-state index contributed by atoms with van der Waals surface area (Å²) in [6.45, 7) is 3.83. The molecular formula is C79H151NO8. The molecule has 1 amide bonds. The van der Waals surface area contributed by atoms with Crippen molar-refractivity contribution in [2.24, 2.45) is 0 Å². The minimum Gasteiger partial charge on any atom is -0.394 e. The van der Waals surface area contributed by atoms with Gasteiger partial charge in [0.15, 0.2) is 6.29 Å². The highest BCUT2D eigenvalue weighted by molar-refractivity contribution is 5.76. The van der Waals surface area contributed by atoms with Gasteiger partial charge in [-0.2, -0.15) is 0 Å². The Morgan fingerprint density at radius 2 is 0.648 bits per heavy atom. The van der Waals surface area contributed by atoms with E-state index in [4.69, 9.17) is 9.47 Å². The van der Waals surface area contributed by atoms with Gasteiger partial charge < -0.3 is 40.3 Å². The van der Waals surface area contributed by atoms with Gasteiger partial charge in [0.05, 0.1) is 25.4 Å². The number of ether oxygens (including phenoxy) is 2. The maximum atomic E-state index is 13.2.